The fourth-order valence-electron chi connectivity index (χ4n) is 3.79. The molecule has 0 spiro atoms. The molecule has 1 atom stereocenters. The van der Waals surface area contributed by atoms with Gasteiger partial charge in [0.25, 0.3) is 5.91 Å². The molecule has 0 bridgehead atoms. The highest BCUT2D eigenvalue weighted by Gasteiger charge is 2.33. The fraction of sp³-hybridized carbons (Fsp3) is 0.130. The molecule has 0 fully saturated rings. The lowest BCUT2D eigenvalue weighted by Crippen LogP contribution is -2.28. The van der Waals surface area contributed by atoms with Crippen LogP contribution in [0.4, 0.5) is 5.13 Å². The molecule has 1 aliphatic heterocycles. The van der Waals surface area contributed by atoms with E-state index in [1.807, 2.05) is 42.5 Å². The quantitative estimate of drug-likeness (QED) is 0.387. The largest absolute Gasteiger partial charge is 0.374 e. The molecule has 9 heteroatoms. The van der Waals surface area contributed by atoms with Crippen molar-refractivity contribution in [3.8, 4) is 0 Å². The van der Waals surface area contributed by atoms with E-state index in [-0.39, 0.29) is 17.7 Å². The molecule has 160 valence electrons. The van der Waals surface area contributed by atoms with Crippen molar-refractivity contribution < 1.29 is 4.79 Å². The molecule has 1 amide bonds. The number of aromatic nitrogens is 2. The number of carbonyl (C=O) groups is 1. The number of nitrogens with zero attached hydrogens (tertiary/aromatic N) is 4. The summed E-state index contributed by atoms with van der Waals surface area (Å²) in [6.45, 7) is 0. The number of nitrogen functional groups attached to an aromatic ring is 1. The summed E-state index contributed by atoms with van der Waals surface area (Å²) in [6.07, 6.45) is 0.623. The lowest BCUT2D eigenvalue weighted by Gasteiger charge is -2.21. The van der Waals surface area contributed by atoms with Gasteiger partial charge in [-0.3, -0.25) is 4.79 Å². The molecule has 1 aromatic heterocycles. The summed E-state index contributed by atoms with van der Waals surface area (Å²) in [5, 5.41) is 17.5. The van der Waals surface area contributed by atoms with Crippen LogP contribution in [0.2, 0.25) is 5.02 Å². The molecule has 5 rings (SSSR count). The molecule has 1 aliphatic rings. The number of carbonyl (C=O) groups excluding carboxylic acids is 1. The van der Waals surface area contributed by atoms with Crippen molar-refractivity contribution in [1.29, 1.82) is 0 Å². The molecule has 3 aromatic carbocycles. The van der Waals surface area contributed by atoms with E-state index < -0.39 is 0 Å². The number of hydrogen-bond donors (Lipinski definition) is 1. The van der Waals surface area contributed by atoms with Crippen molar-refractivity contribution in [3.05, 3.63) is 82.9 Å². The lowest BCUT2D eigenvalue weighted by molar-refractivity contribution is -0.130. The number of hydrogen-bond acceptors (Lipinski definition) is 7. The van der Waals surface area contributed by atoms with Gasteiger partial charge in [-0.25, -0.2) is 5.01 Å². The van der Waals surface area contributed by atoms with Gasteiger partial charge in [0.05, 0.1) is 17.5 Å². The Bertz CT molecular complexity index is 1320. The van der Waals surface area contributed by atoms with Crippen LogP contribution in [0.25, 0.3) is 10.8 Å². The number of halogens is 1. The number of rotatable bonds is 5. The molecular weight excluding hydrogens is 462 g/mol. The Labute approximate surface area is 198 Å². The van der Waals surface area contributed by atoms with Crippen molar-refractivity contribution in [3.63, 3.8) is 0 Å². The minimum absolute atomic E-state index is 0.0982. The highest BCUT2D eigenvalue weighted by Crippen LogP contribution is 2.36. The summed E-state index contributed by atoms with van der Waals surface area (Å²) in [5.74, 6) is 0.101. The molecule has 32 heavy (non-hydrogen) atoms. The molecule has 6 nitrogen and oxygen atoms in total. The Kier molecular flexibility index (Phi) is 5.82. The van der Waals surface area contributed by atoms with E-state index in [0.29, 0.717) is 20.9 Å². The van der Waals surface area contributed by atoms with Gasteiger partial charge in [0.1, 0.15) is 0 Å². The summed E-state index contributed by atoms with van der Waals surface area (Å²) in [6, 6.07) is 21.8. The van der Waals surface area contributed by atoms with E-state index in [9.17, 15) is 4.79 Å². The summed E-state index contributed by atoms with van der Waals surface area (Å²) in [7, 11) is 0. The lowest BCUT2D eigenvalue weighted by atomic mass is 9.95. The van der Waals surface area contributed by atoms with Gasteiger partial charge in [-0.15, -0.1) is 10.2 Å². The average molecular weight is 480 g/mol. The highest BCUT2D eigenvalue weighted by molar-refractivity contribution is 8.01. The SMILES string of the molecule is Nc1nnc(SCC(=O)N2N=C(c3cccc4ccccc34)CC2c2ccc(Cl)cc2)s1. The van der Waals surface area contributed by atoms with Crippen molar-refractivity contribution in [2.45, 2.75) is 16.8 Å². The van der Waals surface area contributed by atoms with Crippen LogP contribution < -0.4 is 5.73 Å². The van der Waals surface area contributed by atoms with Gasteiger partial charge in [-0.05, 0) is 28.5 Å². The number of benzene rings is 3. The first kappa shape index (κ1) is 20.9. The molecule has 0 aliphatic carbocycles. The van der Waals surface area contributed by atoms with Gasteiger partial charge >= 0.3 is 0 Å². The topological polar surface area (TPSA) is 84.5 Å². The van der Waals surface area contributed by atoms with E-state index in [4.69, 9.17) is 22.4 Å². The molecule has 2 heterocycles. The Balaban J connectivity index is 1.48. The third-order valence-electron chi connectivity index (χ3n) is 5.26. The van der Waals surface area contributed by atoms with E-state index in [1.54, 1.807) is 5.01 Å². The van der Waals surface area contributed by atoms with E-state index in [1.165, 1.54) is 23.1 Å². The van der Waals surface area contributed by atoms with Gasteiger partial charge in [0.15, 0.2) is 4.34 Å². The maximum absolute atomic E-state index is 13.2. The first-order valence-electron chi connectivity index (χ1n) is 9.93. The number of amides is 1. The standard InChI is InChI=1S/C23H18ClN5OS2/c24-16-10-8-15(9-11-16)20-12-19(18-7-3-5-14-4-1-2-6-17(14)18)28-29(20)21(30)13-31-23-27-26-22(25)32-23/h1-11,20H,12-13H2,(H2,25,26). The Morgan fingerprint density at radius 3 is 2.66 bits per heavy atom. The van der Waals surface area contributed by atoms with E-state index in [0.717, 1.165) is 27.6 Å². The summed E-state index contributed by atoms with van der Waals surface area (Å²) in [5.41, 5.74) is 8.57. The molecule has 0 saturated carbocycles. The summed E-state index contributed by atoms with van der Waals surface area (Å²) in [4.78, 5) is 13.2. The summed E-state index contributed by atoms with van der Waals surface area (Å²) >= 11 is 8.68. The molecule has 2 N–H and O–H groups in total. The number of hydrazone groups is 1. The minimum Gasteiger partial charge on any atom is -0.374 e. The van der Waals surface area contributed by atoms with E-state index in [2.05, 4.69) is 34.5 Å². The maximum Gasteiger partial charge on any atom is 0.253 e. The van der Waals surface area contributed by atoms with Crippen LogP contribution in [-0.4, -0.2) is 32.6 Å². The Morgan fingerprint density at radius 1 is 1.09 bits per heavy atom. The molecule has 1 unspecified atom stereocenters. The van der Waals surface area contributed by atoms with Gasteiger partial charge < -0.3 is 5.73 Å². The smallest absolute Gasteiger partial charge is 0.253 e. The Morgan fingerprint density at radius 2 is 1.88 bits per heavy atom. The van der Waals surface area contributed by atoms with Crippen LogP contribution in [0, 0.1) is 0 Å². The van der Waals surface area contributed by atoms with Crippen LogP contribution in [0.15, 0.2) is 76.2 Å². The zero-order valence-corrected chi connectivity index (χ0v) is 19.2. The van der Waals surface area contributed by atoms with Gasteiger partial charge in [-0.1, -0.05) is 89.3 Å². The van der Waals surface area contributed by atoms with Crippen molar-refractivity contribution in [2.24, 2.45) is 5.10 Å². The maximum atomic E-state index is 13.2. The zero-order chi connectivity index (χ0) is 22.1. The normalized spacial score (nSPS) is 15.8. The van der Waals surface area contributed by atoms with Crippen molar-refractivity contribution >= 4 is 62.2 Å². The number of fused-ring (bicyclic) bond motifs is 1. The summed E-state index contributed by atoms with van der Waals surface area (Å²) < 4.78 is 0.663. The van der Waals surface area contributed by atoms with Crippen molar-refractivity contribution in [2.75, 3.05) is 11.5 Å². The van der Waals surface area contributed by atoms with Crippen LogP contribution in [0.3, 0.4) is 0 Å². The zero-order valence-electron chi connectivity index (χ0n) is 16.8. The second-order valence-electron chi connectivity index (χ2n) is 7.28. The first-order chi connectivity index (χ1) is 15.6. The second-order valence-corrected chi connectivity index (χ2v) is 9.95. The number of anilines is 1. The van der Waals surface area contributed by atoms with Gasteiger partial charge in [0.2, 0.25) is 5.13 Å². The van der Waals surface area contributed by atoms with E-state index >= 15 is 0 Å². The Hall–Kier alpha value is -2.94. The molecular formula is C23H18ClN5OS2. The third kappa shape index (κ3) is 4.21. The molecule has 0 saturated heterocycles. The molecule has 4 aromatic rings. The predicted molar refractivity (Wildman–Crippen MR) is 131 cm³/mol. The number of thioether (sulfide) groups is 1. The average Bonchev–Trinajstić information content (AvgIpc) is 3.44. The predicted octanol–water partition coefficient (Wildman–Crippen LogP) is 5.40. The fourth-order valence-corrected chi connectivity index (χ4v) is 5.41. The first-order valence-corrected chi connectivity index (χ1v) is 12.1. The van der Waals surface area contributed by atoms with Crippen LogP contribution in [0.1, 0.15) is 23.6 Å². The third-order valence-corrected chi connectivity index (χ3v) is 7.38. The van der Waals surface area contributed by atoms with Crippen LogP contribution >= 0.6 is 34.7 Å². The monoisotopic (exact) mass is 479 g/mol. The highest BCUT2D eigenvalue weighted by atomic mass is 35.5. The van der Waals surface area contributed by atoms with Crippen LogP contribution in [0.5, 0.6) is 0 Å². The van der Waals surface area contributed by atoms with Crippen LogP contribution in [-0.2, 0) is 4.79 Å². The van der Waals surface area contributed by atoms with Crippen molar-refractivity contribution in [1.82, 2.24) is 15.2 Å². The second kappa shape index (κ2) is 8.90. The molecule has 0 radical (unpaired) electrons. The van der Waals surface area contributed by atoms with Gasteiger partial charge in [0, 0.05) is 17.0 Å². The number of nitrogens with two attached hydrogens (primary N) is 1. The van der Waals surface area contributed by atoms with Gasteiger partial charge in [-0.2, -0.15) is 5.10 Å². The minimum atomic E-state index is -0.200.